The number of ether oxygens (including phenoxy) is 1. The maximum absolute atomic E-state index is 13.2. The summed E-state index contributed by atoms with van der Waals surface area (Å²) in [7, 11) is 0. The number of likely N-dealkylation sites (tertiary alicyclic amines) is 1. The van der Waals surface area contributed by atoms with Crippen LogP contribution >= 0.6 is 0 Å². The van der Waals surface area contributed by atoms with Crippen LogP contribution in [0.4, 0.5) is 0 Å². The third-order valence-electron chi connectivity index (χ3n) is 8.13. The van der Waals surface area contributed by atoms with Crippen LogP contribution in [0, 0.1) is 11.8 Å². The fourth-order valence-corrected chi connectivity index (χ4v) is 6.26. The van der Waals surface area contributed by atoms with Gasteiger partial charge in [0.05, 0.1) is 12.2 Å². The molecular formula is C27H34N2O4. The summed E-state index contributed by atoms with van der Waals surface area (Å²) in [6.45, 7) is 4.01. The van der Waals surface area contributed by atoms with Crippen LogP contribution in [-0.2, 0) is 6.54 Å². The molecule has 176 valence electrons. The molecule has 0 spiro atoms. The Morgan fingerprint density at radius 1 is 1.12 bits per heavy atom. The van der Waals surface area contributed by atoms with Crippen LogP contribution in [0.3, 0.4) is 0 Å². The zero-order chi connectivity index (χ0) is 23.2. The highest BCUT2D eigenvalue weighted by molar-refractivity contribution is 5.94. The maximum atomic E-state index is 13.2. The predicted octanol–water partition coefficient (Wildman–Crippen LogP) is 3.06. The molecule has 2 bridgehead atoms. The van der Waals surface area contributed by atoms with E-state index in [-0.39, 0.29) is 17.7 Å². The van der Waals surface area contributed by atoms with Crippen molar-refractivity contribution in [2.24, 2.45) is 17.6 Å². The molecule has 2 aromatic rings. The van der Waals surface area contributed by atoms with Gasteiger partial charge in [0.15, 0.2) is 0 Å². The van der Waals surface area contributed by atoms with Crippen LogP contribution in [0.5, 0.6) is 5.75 Å². The highest BCUT2D eigenvalue weighted by atomic mass is 16.5. The Balaban J connectivity index is 1.23. The molecule has 1 aliphatic heterocycles. The molecular weight excluding hydrogens is 416 g/mol. The number of nitrogens with two attached hydrogens (primary N) is 1. The molecule has 3 fully saturated rings. The minimum atomic E-state index is -0.745. The molecule has 6 nitrogen and oxygen atoms in total. The van der Waals surface area contributed by atoms with Crippen molar-refractivity contribution in [2.45, 2.75) is 62.9 Å². The lowest BCUT2D eigenvalue weighted by Crippen LogP contribution is -2.49. The number of piperidine rings is 1. The number of fused-ring (bicyclic) bond motifs is 2. The first kappa shape index (κ1) is 22.4. The van der Waals surface area contributed by atoms with Gasteiger partial charge in [-0.3, -0.25) is 4.79 Å². The predicted molar refractivity (Wildman–Crippen MR) is 126 cm³/mol. The molecule has 6 heteroatoms. The lowest BCUT2D eigenvalue weighted by atomic mass is 9.82. The highest BCUT2D eigenvalue weighted by Gasteiger charge is 2.59. The number of aliphatic hydroxyl groups is 2. The number of aliphatic hydroxyl groups excluding tert-OH is 2. The van der Waals surface area contributed by atoms with Crippen LogP contribution in [0.15, 0.2) is 48.5 Å². The highest BCUT2D eigenvalue weighted by Crippen LogP contribution is 2.52. The van der Waals surface area contributed by atoms with Gasteiger partial charge in [0.1, 0.15) is 11.4 Å². The average molecular weight is 451 g/mol. The molecule has 33 heavy (non-hydrogen) atoms. The smallest absolute Gasteiger partial charge is 0.253 e. The summed E-state index contributed by atoms with van der Waals surface area (Å²) >= 11 is 0. The fourth-order valence-electron chi connectivity index (χ4n) is 6.26. The van der Waals surface area contributed by atoms with Gasteiger partial charge in [-0.15, -0.1) is 0 Å². The van der Waals surface area contributed by atoms with Crippen molar-refractivity contribution < 1.29 is 19.7 Å². The summed E-state index contributed by atoms with van der Waals surface area (Å²) in [5, 5.41) is 20.5. The van der Waals surface area contributed by atoms with E-state index in [9.17, 15) is 15.0 Å². The Morgan fingerprint density at radius 3 is 2.58 bits per heavy atom. The molecule has 0 aromatic heterocycles. The molecule has 5 atom stereocenters. The van der Waals surface area contributed by atoms with Gasteiger partial charge >= 0.3 is 0 Å². The molecule has 2 aliphatic carbocycles. The van der Waals surface area contributed by atoms with Crippen molar-refractivity contribution in [3.8, 4) is 5.75 Å². The van der Waals surface area contributed by atoms with Crippen molar-refractivity contribution in [3.63, 3.8) is 0 Å². The third kappa shape index (κ3) is 4.16. The topological polar surface area (TPSA) is 96.0 Å². The van der Waals surface area contributed by atoms with Gasteiger partial charge in [-0.2, -0.15) is 0 Å². The van der Waals surface area contributed by atoms with Crippen molar-refractivity contribution in [3.05, 3.63) is 65.2 Å². The molecule has 1 amide bonds. The molecule has 2 saturated carbocycles. The van der Waals surface area contributed by atoms with Gasteiger partial charge in [-0.05, 0) is 73.8 Å². The normalized spacial score (nSPS) is 31.7. The molecule has 1 heterocycles. The van der Waals surface area contributed by atoms with Gasteiger partial charge in [-0.1, -0.05) is 30.3 Å². The molecule has 3 aliphatic rings. The van der Waals surface area contributed by atoms with E-state index >= 15 is 0 Å². The van der Waals surface area contributed by atoms with Crippen LogP contribution in [0.1, 0.15) is 60.0 Å². The maximum Gasteiger partial charge on any atom is 0.253 e. The Bertz CT molecular complexity index is 1020. The van der Waals surface area contributed by atoms with E-state index in [0.717, 1.165) is 37.9 Å². The zero-order valence-electron chi connectivity index (χ0n) is 19.2. The minimum absolute atomic E-state index is 0.0307. The average Bonchev–Trinajstić information content (AvgIpc) is 3.32. The second kappa shape index (κ2) is 8.75. The van der Waals surface area contributed by atoms with Gasteiger partial charge in [0, 0.05) is 31.1 Å². The van der Waals surface area contributed by atoms with E-state index in [2.05, 4.69) is 24.3 Å². The standard InChI is InChI=1S/C27H34N2O4/c1-27(15-21-14-23(27)25(31)24(21)30)33-22-7-3-6-20(13-22)26(32)29-10-8-18(9-11-29)19-5-2-4-17(12-19)16-28/h2-7,12-13,18,21,23-25,30-31H,8-11,14-16,28H2,1H3/t21?,23?,24-,25+,27-/m0/s1. The number of hydrogen-bond acceptors (Lipinski definition) is 5. The van der Waals surface area contributed by atoms with Crippen LogP contribution in [0.2, 0.25) is 0 Å². The van der Waals surface area contributed by atoms with Gasteiger partial charge in [0.25, 0.3) is 5.91 Å². The summed E-state index contributed by atoms with van der Waals surface area (Å²) in [4.78, 5) is 15.1. The van der Waals surface area contributed by atoms with E-state index in [1.54, 1.807) is 0 Å². The number of amides is 1. The van der Waals surface area contributed by atoms with E-state index < -0.39 is 17.8 Å². The Kier molecular flexibility index (Phi) is 5.93. The van der Waals surface area contributed by atoms with E-state index in [4.69, 9.17) is 10.5 Å². The molecule has 2 unspecified atom stereocenters. The SMILES string of the molecule is C[C@]1(Oc2cccc(C(=O)N3CCC(c4cccc(CN)c4)CC3)c2)CC2CC1[C@@H](O)[C@H]2O. The van der Waals surface area contributed by atoms with Gasteiger partial charge in [0.2, 0.25) is 0 Å². The Labute approximate surface area is 195 Å². The Hall–Kier alpha value is -2.41. The van der Waals surface area contributed by atoms with Crippen LogP contribution < -0.4 is 10.5 Å². The second-order valence-electron chi connectivity index (χ2n) is 10.2. The minimum Gasteiger partial charge on any atom is -0.487 e. The van der Waals surface area contributed by atoms with Crippen molar-refractivity contribution in [1.29, 1.82) is 0 Å². The summed E-state index contributed by atoms with van der Waals surface area (Å²) in [6, 6.07) is 15.9. The van der Waals surface area contributed by atoms with Crippen LogP contribution in [0.25, 0.3) is 0 Å². The van der Waals surface area contributed by atoms with Crippen molar-refractivity contribution in [1.82, 2.24) is 4.90 Å². The molecule has 1 saturated heterocycles. The zero-order valence-corrected chi connectivity index (χ0v) is 19.2. The summed E-state index contributed by atoms with van der Waals surface area (Å²) in [5.74, 6) is 1.12. The molecule has 2 aromatic carbocycles. The van der Waals surface area contributed by atoms with Crippen LogP contribution in [-0.4, -0.2) is 51.9 Å². The third-order valence-corrected chi connectivity index (χ3v) is 8.13. The lowest BCUT2D eigenvalue weighted by Gasteiger charge is -2.39. The molecule has 4 N–H and O–H groups in total. The number of benzene rings is 2. The first-order valence-electron chi connectivity index (χ1n) is 12.1. The second-order valence-corrected chi connectivity index (χ2v) is 10.2. The summed E-state index contributed by atoms with van der Waals surface area (Å²) < 4.78 is 6.34. The van der Waals surface area contributed by atoms with Crippen molar-refractivity contribution >= 4 is 5.91 Å². The van der Waals surface area contributed by atoms with Gasteiger partial charge in [-0.25, -0.2) is 0 Å². The van der Waals surface area contributed by atoms with Crippen molar-refractivity contribution in [2.75, 3.05) is 13.1 Å². The van der Waals surface area contributed by atoms with E-state index in [0.29, 0.717) is 30.2 Å². The summed E-state index contributed by atoms with van der Waals surface area (Å²) in [5.41, 5.74) is 8.35. The van der Waals surface area contributed by atoms with Gasteiger partial charge < -0.3 is 25.6 Å². The number of hydrogen-bond donors (Lipinski definition) is 3. The number of rotatable bonds is 5. The fraction of sp³-hybridized carbons (Fsp3) is 0.519. The number of carbonyl (C=O) groups is 1. The lowest BCUT2D eigenvalue weighted by molar-refractivity contribution is -0.0910. The number of carbonyl (C=O) groups excluding carboxylic acids is 1. The largest absolute Gasteiger partial charge is 0.487 e. The quantitative estimate of drug-likeness (QED) is 0.651. The summed E-state index contributed by atoms with van der Waals surface area (Å²) in [6.07, 6.45) is 1.98. The van der Waals surface area contributed by atoms with E-state index in [1.165, 1.54) is 5.56 Å². The molecule has 0 radical (unpaired) electrons. The Morgan fingerprint density at radius 2 is 1.88 bits per heavy atom. The first-order chi connectivity index (χ1) is 15.9. The number of nitrogens with zero attached hydrogens (tertiary/aromatic N) is 1. The van der Waals surface area contributed by atoms with E-state index in [1.807, 2.05) is 36.1 Å². The molecule has 5 rings (SSSR count). The monoisotopic (exact) mass is 450 g/mol. The first-order valence-corrected chi connectivity index (χ1v) is 12.1.